The van der Waals surface area contributed by atoms with Crippen LogP contribution in [-0.2, 0) is 19.6 Å². The third-order valence-corrected chi connectivity index (χ3v) is 6.99. The molecular formula is C23H28N2O7S. The predicted molar refractivity (Wildman–Crippen MR) is 121 cm³/mol. The Morgan fingerprint density at radius 2 is 1.52 bits per heavy atom. The van der Waals surface area contributed by atoms with Crippen LogP contribution in [0, 0.1) is 0 Å². The predicted octanol–water partition coefficient (Wildman–Crippen LogP) is 2.17. The zero-order valence-corrected chi connectivity index (χ0v) is 19.5. The van der Waals surface area contributed by atoms with E-state index in [0.29, 0.717) is 24.7 Å². The number of nitrogens with zero attached hydrogens (tertiary/aromatic N) is 2. The molecule has 178 valence electrons. The summed E-state index contributed by atoms with van der Waals surface area (Å²) in [7, 11) is -3.60. The minimum atomic E-state index is -3.60. The van der Waals surface area contributed by atoms with Crippen LogP contribution in [0.15, 0.2) is 53.4 Å². The molecule has 0 bridgehead atoms. The van der Waals surface area contributed by atoms with E-state index >= 15 is 0 Å². The highest BCUT2D eigenvalue weighted by Crippen LogP contribution is 2.28. The summed E-state index contributed by atoms with van der Waals surface area (Å²) in [6.45, 7) is 4.90. The SMILES string of the molecule is CCOc1ccc(C(=O)OCC(=O)N2CCN(S(=O)(=O)c3ccccc3)CC2)cc1OCC. The Morgan fingerprint density at radius 1 is 0.879 bits per heavy atom. The van der Waals surface area contributed by atoms with Crippen molar-refractivity contribution in [1.82, 2.24) is 9.21 Å². The molecule has 1 heterocycles. The summed E-state index contributed by atoms with van der Waals surface area (Å²) >= 11 is 0. The second-order valence-electron chi connectivity index (χ2n) is 7.20. The Bertz CT molecular complexity index is 1070. The molecule has 0 spiro atoms. The molecule has 2 aromatic rings. The van der Waals surface area contributed by atoms with Crippen molar-refractivity contribution in [3.05, 3.63) is 54.1 Å². The molecule has 0 N–H and O–H groups in total. The van der Waals surface area contributed by atoms with E-state index in [1.165, 1.54) is 15.3 Å². The first-order chi connectivity index (χ1) is 15.9. The van der Waals surface area contributed by atoms with E-state index in [-0.39, 0.29) is 42.5 Å². The largest absolute Gasteiger partial charge is 0.490 e. The third-order valence-electron chi connectivity index (χ3n) is 5.08. The number of esters is 1. The Hall–Kier alpha value is -3.11. The summed E-state index contributed by atoms with van der Waals surface area (Å²) in [5.74, 6) is -0.0834. The number of sulfonamides is 1. The molecule has 0 aliphatic carbocycles. The van der Waals surface area contributed by atoms with Crippen molar-refractivity contribution in [2.24, 2.45) is 0 Å². The van der Waals surface area contributed by atoms with Gasteiger partial charge in [0, 0.05) is 26.2 Å². The maximum Gasteiger partial charge on any atom is 0.338 e. The maximum atomic E-state index is 12.7. The molecule has 9 nitrogen and oxygen atoms in total. The van der Waals surface area contributed by atoms with E-state index in [4.69, 9.17) is 14.2 Å². The lowest BCUT2D eigenvalue weighted by atomic mass is 10.2. The van der Waals surface area contributed by atoms with Crippen LogP contribution < -0.4 is 9.47 Å². The first-order valence-corrected chi connectivity index (χ1v) is 12.2. The second kappa shape index (κ2) is 11.2. The first kappa shape index (κ1) is 24.5. The monoisotopic (exact) mass is 476 g/mol. The molecule has 0 atom stereocenters. The Labute approximate surface area is 193 Å². The number of carbonyl (C=O) groups is 2. The van der Waals surface area contributed by atoms with E-state index in [1.54, 1.807) is 42.5 Å². The molecule has 0 unspecified atom stereocenters. The molecule has 0 aromatic heterocycles. The topological polar surface area (TPSA) is 102 Å². The number of hydrogen-bond donors (Lipinski definition) is 0. The van der Waals surface area contributed by atoms with Crippen molar-refractivity contribution < 1.29 is 32.2 Å². The second-order valence-corrected chi connectivity index (χ2v) is 9.14. The molecule has 2 aromatic carbocycles. The van der Waals surface area contributed by atoms with Gasteiger partial charge in [-0.15, -0.1) is 0 Å². The van der Waals surface area contributed by atoms with Crippen LogP contribution in [-0.4, -0.2) is 75.5 Å². The van der Waals surface area contributed by atoms with E-state index < -0.39 is 22.6 Å². The summed E-state index contributed by atoms with van der Waals surface area (Å²) in [6.07, 6.45) is 0. The summed E-state index contributed by atoms with van der Waals surface area (Å²) < 4.78 is 42.9. The molecule has 0 saturated carbocycles. The van der Waals surface area contributed by atoms with Crippen LogP contribution in [0.25, 0.3) is 0 Å². The lowest BCUT2D eigenvalue weighted by molar-refractivity contribution is -0.135. The number of carbonyl (C=O) groups excluding carboxylic acids is 2. The fourth-order valence-electron chi connectivity index (χ4n) is 3.40. The number of piperazine rings is 1. The fourth-order valence-corrected chi connectivity index (χ4v) is 4.84. The average molecular weight is 477 g/mol. The highest BCUT2D eigenvalue weighted by molar-refractivity contribution is 7.89. The van der Waals surface area contributed by atoms with Crippen molar-refractivity contribution in [1.29, 1.82) is 0 Å². The van der Waals surface area contributed by atoms with Crippen LogP contribution in [0.1, 0.15) is 24.2 Å². The van der Waals surface area contributed by atoms with E-state index in [0.717, 1.165) is 0 Å². The number of ether oxygens (including phenoxy) is 3. The summed E-state index contributed by atoms with van der Waals surface area (Å²) in [5, 5.41) is 0. The molecule has 1 fully saturated rings. The minimum Gasteiger partial charge on any atom is -0.490 e. The molecule has 1 aliphatic heterocycles. The summed E-state index contributed by atoms with van der Waals surface area (Å²) in [4.78, 5) is 26.6. The number of rotatable bonds is 9. The quantitative estimate of drug-likeness (QED) is 0.511. The molecule has 10 heteroatoms. The lowest BCUT2D eigenvalue weighted by Gasteiger charge is -2.33. The van der Waals surface area contributed by atoms with Crippen LogP contribution in [0.2, 0.25) is 0 Å². The van der Waals surface area contributed by atoms with Crippen LogP contribution >= 0.6 is 0 Å². The van der Waals surface area contributed by atoms with Gasteiger partial charge in [-0.1, -0.05) is 18.2 Å². The van der Waals surface area contributed by atoms with Crippen LogP contribution in [0.5, 0.6) is 11.5 Å². The fraction of sp³-hybridized carbons (Fsp3) is 0.391. The Kier molecular flexibility index (Phi) is 8.29. The van der Waals surface area contributed by atoms with Gasteiger partial charge in [0.15, 0.2) is 18.1 Å². The highest BCUT2D eigenvalue weighted by atomic mass is 32.2. The van der Waals surface area contributed by atoms with Gasteiger partial charge < -0.3 is 19.1 Å². The molecule has 0 radical (unpaired) electrons. The zero-order chi connectivity index (χ0) is 23.8. The van der Waals surface area contributed by atoms with E-state index in [1.807, 2.05) is 13.8 Å². The van der Waals surface area contributed by atoms with Crippen molar-refractivity contribution >= 4 is 21.9 Å². The zero-order valence-electron chi connectivity index (χ0n) is 18.7. The van der Waals surface area contributed by atoms with Gasteiger partial charge in [0.1, 0.15) is 0 Å². The third kappa shape index (κ3) is 6.02. The number of benzene rings is 2. The van der Waals surface area contributed by atoms with Crippen LogP contribution in [0.3, 0.4) is 0 Å². The van der Waals surface area contributed by atoms with E-state index in [2.05, 4.69) is 0 Å². The highest BCUT2D eigenvalue weighted by Gasteiger charge is 2.30. The van der Waals surface area contributed by atoms with Gasteiger partial charge in [-0.05, 0) is 44.2 Å². The molecule has 1 aliphatic rings. The van der Waals surface area contributed by atoms with Gasteiger partial charge >= 0.3 is 5.97 Å². The molecule has 33 heavy (non-hydrogen) atoms. The normalized spacial score (nSPS) is 14.5. The van der Waals surface area contributed by atoms with Gasteiger partial charge in [-0.2, -0.15) is 4.31 Å². The van der Waals surface area contributed by atoms with Crippen molar-refractivity contribution in [2.75, 3.05) is 46.0 Å². The lowest BCUT2D eigenvalue weighted by Crippen LogP contribution is -2.51. The van der Waals surface area contributed by atoms with Crippen molar-refractivity contribution in [3.63, 3.8) is 0 Å². The van der Waals surface area contributed by atoms with Crippen molar-refractivity contribution in [3.8, 4) is 11.5 Å². The molecule has 1 saturated heterocycles. The molecule has 3 rings (SSSR count). The van der Waals surface area contributed by atoms with Crippen LogP contribution in [0.4, 0.5) is 0 Å². The van der Waals surface area contributed by atoms with Gasteiger partial charge in [0.2, 0.25) is 10.0 Å². The minimum absolute atomic E-state index is 0.174. The maximum absolute atomic E-state index is 12.7. The van der Waals surface area contributed by atoms with Gasteiger partial charge in [-0.3, -0.25) is 4.79 Å². The Morgan fingerprint density at radius 3 is 2.15 bits per heavy atom. The van der Waals surface area contributed by atoms with Gasteiger partial charge in [0.25, 0.3) is 5.91 Å². The number of amides is 1. The van der Waals surface area contributed by atoms with Gasteiger partial charge in [0.05, 0.1) is 23.7 Å². The van der Waals surface area contributed by atoms with E-state index in [9.17, 15) is 18.0 Å². The standard InChI is InChI=1S/C23H28N2O7S/c1-3-30-20-11-10-18(16-21(20)31-4-2)23(27)32-17-22(26)24-12-14-25(15-13-24)33(28,29)19-8-6-5-7-9-19/h5-11,16H,3-4,12-15,17H2,1-2H3. The smallest absolute Gasteiger partial charge is 0.338 e. The molecule has 1 amide bonds. The first-order valence-electron chi connectivity index (χ1n) is 10.8. The Balaban J connectivity index is 1.53. The van der Waals surface area contributed by atoms with Gasteiger partial charge in [-0.25, -0.2) is 13.2 Å². The summed E-state index contributed by atoms with van der Waals surface area (Å²) in [6, 6.07) is 12.9. The number of hydrogen-bond acceptors (Lipinski definition) is 7. The molecular weight excluding hydrogens is 448 g/mol. The average Bonchev–Trinajstić information content (AvgIpc) is 2.84. The van der Waals surface area contributed by atoms with Crippen molar-refractivity contribution in [2.45, 2.75) is 18.7 Å². The summed E-state index contributed by atoms with van der Waals surface area (Å²) in [5.41, 5.74) is 0.244.